The van der Waals surface area contributed by atoms with Crippen molar-refractivity contribution in [1.82, 2.24) is 19.8 Å². The second kappa shape index (κ2) is 6.32. The number of hydrogen-bond acceptors (Lipinski definition) is 5. The van der Waals surface area contributed by atoms with Gasteiger partial charge in [0.2, 0.25) is 5.91 Å². The molecule has 2 aromatic rings. The molecule has 0 unspecified atom stereocenters. The molecule has 0 saturated heterocycles. The summed E-state index contributed by atoms with van der Waals surface area (Å²) in [5.74, 6) is 0.152. The van der Waals surface area contributed by atoms with Crippen LogP contribution in [0.4, 0.5) is 0 Å². The quantitative estimate of drug-likeness (QED) is 0.860. The molecular weight excluding hydrogens is 284 g/mol. The van der Waals surface area contributed by atoms with Crippen LogP contribution in [-0.2, 0) is 24.3 Å². The second-order valence-corrected chi connectivity index (χ2v) is 6.12. The minimum atomic E-state index is 0.152. The zero-order chi connectivity index (χ0) is 14.7. The lowest BCUT2D eigenvalue weighted by Gasteiger charge is -2.28. The van der Waals surface area contributed by atoms with E-state index in [9.17, 15) is 4.79 Å². The first-order chi connectivity index (χ1) is 10.2. The summed E-state index contributed by atoms with van der Waals surface area (Å²) < 4.78 is 0. The van der Waals surface area contributed by atoms with E-state index in [-0.39, 0.29) is 5.91 Å². The molecule has 0 N–H and O–H groups in total. The minimum Gasteiger partial charge on any atom is -0.340 e. The highest BCUT2D eigenvalue weighted by Gasteiger charge is 2.21. The molecule has 3 rings (SSSR count). The summed E-state index contributed by atoms with van der Waals surface area (Å²) >= 11 is 1.66. The number of hydrogen-bond donors (Lipinski definition) is 0. The topological polar surface area (TPSA) is 49.3 Å². The molecule has 0 aromatic carbocycles. The average Bonchev–Trinajstić information content (AvgIpc) is 3.00. The highest BCUT2D eigenvalue weighted by atomic mass is 32.1. The predicted molar refractivity (Wildman–Crippen MR) is 81.8 cm³/mol. The first kappa shape index (κ1) is 14.2. The van der Waals surface area contributed by atoms with Gasteiger partial charge in [0.05, 0.1) is 12.2 Å². The number of amides is 1. The van der Waals surface area contributed by atoms with Crippen molar-refractivity contribution in [2.45, 2.75) is 19.5 Å². The molecule has 0 spiro atoms. The van der Waals surface area contributed by atoms with Crippen LogP contribution in [0.2, 0.25) is 0 Å². The molecule has 0 atom stereocenters. The predicted octanol–water partition coefficient (Wildman–Crippen LogP) is 1.55. The number of fused-ring (bicyclic) bond motifs is 1. The molecule has 0 radical (unpaired) electrons. The molecule has 0 bridgehead atoms. The number of rotatable bonds is 4. The van der Waals surface area contributed by atoms with Crippen molar-refractivity contribution in [3.63, 3.8) is 0 Å². The normalized spacial score (nSPS) is 14.7. The van der Waals surface area contributed by atoms with Gasteiger partial charge in [0.1, 0.15) is 6.33 Å². The van der Waals surface area contributed by atoms with Gasteiger partial charge < -0.3 is 4.90 Å². The van der Waals surface area contributed by atoms with Gasteiger partial charge >= 0.3 is 0 Å². The zero-order valence-corrected chi connectivity index (χ0v) is 12.8. The van der Waals surface area contributed by atoms with E-state index < -0.39 is 0 Å². The molecule has 3 heterocycles. The van der Waals surface area contributed by atoms with Crippen LogP contribution in [0.3, 0.4) is 0 Å². The number of thiophene rings is 1. The first-order valence-corrected chi connectivity index (χ1v) is 7.92. The Labute approximate surface area is 128 Å². The average molecular weight is 302 g/mol. The molecule has 21 heavy (non-hydrogen) atoms. The van der Waals surface area contributed by atoms with E-state index in [4.69, 9.17) is 0 Å². The third-order valence-electron chi connectivity index (χ3n) is 3.74. The summed E-state index contributed by atoms with van der Waals surface area (Å²) in [5.41, 5.74) is 3.44. The van der Waals surface area contributed by atoms with E-state index in [1.807, 2.05) is 18.6 Å². The van der Waals surface area contributed by atoms with E-state index in [0.29, 0.717) is 13.1 Å². The Hall–Kier alpha value is -1.79. The van der Waals surface area contributed by atoms with Gasteiger partial charge in [0.15, 0.2) is 0 Å². The molecular formula is C15H18N4OS. The number of nitrogens with zero attached hydrogens (tertiary/aromatic N) is 4. The van der Waals surface area contributed by atoms with Gasteiger partial charge in [-0.1, -0.05) is 0 Å². The molecule has 110 valence electrons. The van der Waals surface area contributed by atoms with Gasteiger partial charge in [-0.2, -0.15) is 11.3 Å². The maximum Gasteiger partial charge on any atom is 0.236 e. The summed E-state index contributed by atoms with van der Waals surface area (Å²) in [6.45, 7) is 2.74. The number of carbonyl (C=O) groups excluding carboxylic acids is 1. The molecule has 0 aliphatic carbocycles. The highest BCUT2D eigenvalue weighted by molar-refractivity contribution is 7.07. The molecule has 0 fully saturated rings. The van der Waals surface area contributed by atoms with Crippen LogP contribution < -0.4 is 0 Å². The van der Waals surface area contributed by atoms with Crippen molar-refractivity contribution < 1.29 is 4.79 Å². The van der Waals surface area contributed by atoms with Crippen LogP contribution in [-0.4, -0.2) is 45.8 Å². The number of carbonyl (C=O) groups is 1. The van der Waals surface area contributed by atoms with Crippen molar-refractivity contribution in [2.75, 3.05) is 20.1 Å². The second-order valence-electron chi connectivity index (χ2n) is 5.34. The Balaban J connectivity index is 1.56. The van der Waals surface area contributed by atoms with Crippen LogP contribution in [0.1, 0.15) is 16.8 Å². The van der Waals surface area contributed by atoms with Gasteiger partial charge in [-0.05, 0) is 34.4 Å². The van der Waals surface area contributed by atoms with Crippen molar-refractivity contribution in [3.8, 4) is 0 Å². The van der Waals surface area contributed by atoms with Crippen molar-refractivity contribution in [1.29, 1.82) is 0 Å². The summed E-state index contributed by atoms with van der Waals surface area (Å²) in [6.07, 6.45) is 4.37. The smallest absolute Gasteiger partial charge is 0.236 e. The summed E-state index contributed by atoms with van der Waals surface area (Å²) in [5, 5.41) is 4.12. The Morgan fingerprint density at radius 3 is 3.24 bits per heavy atom. The van der Waals surface area contributed by atoms with Crippen molar-refractivity contribution in [3.05, 3.63) is 46.2 Å². The largest absolute Gasteiger partial charge is 0.340 e. The standard InChI is InChI=1S/C15H18N4OS/c1-18(7-12-3-5-21-10-12)15(20)9-19-4-2-13-6-16-11-17-14(13)8-19/h3,5-6,10-11H,2,4,7-9H2,1H3. The highest BCUT2D eigenvalue weighted by Crippen LogP contribution is 2.15. The maximum atomic E-state index is 12.3. The first-order valence-electron chi connectivity index (χ1n) is 6.97. The summed E-state index contributed by atoms with van der Waals surface area (Å²) in [4.78, 5) is 24.6. The SMILES string of the molecule is CN(Cc1ccsc1)C(=O)CN1CCc2cncnc2C1. The Morgan fingerprint density at radius 1 is 1.52 bits per heavy atom. The Morgan fingerprint density at radius 2 is 2.43 bits per heavy atom. The van der Waals surface area contributed by atoms with Crippen LogP contribution in [0.5, 0.6) is 0 Å². The van der Waals surface area contributed by atoms with Crippen LogP contribution >= 0.6 is 11.3 Å². The van der Waals surface area contributed by atoms with Gasteiger partial charge in [-0.15, -0.1) is 0 Å². The molecule has 1 aliphatic rings. The van der Waals surface area contributed by atoms with E-state index in [1.54, 1.807) is 22.6 Å². The lowest BCUT2D eigenvalue weighted by molar-refractivity contribution is -0.131. The molecule has 0 saturated carbocycles. The van der Waals surface area contributed by atoms with Gasteiger partial charge in [0.25, 0.3) is 0 Å². The van der Waals surface area contributed by atoms with Crippen LogP contribution in [0.15, 0.2) is 29.4 Å². The van der Waals surface area contributed by atoms with E-state index in [0.717, 1.165) is 25.2 Å². The maximum absolute atomic E-state index is 12.3. The summed E-state index contributed by atoms with van der Waals surface area (Å²) in [7, 11) is 1.86. The fraction of sp³-hybridized carbons (Fsp3) is 0.400. The van der Waals surface area contributed by atoms with Gasteiger partial charge in [0, 0.05) is 32.9 Å². The van der Waals surface area contributed by atoms with Crippen molar-refractivity contribution in [2.24, 2.45) is 0 Å². The van der Waals surface area contributed by atoms with Gasteiger partial charge in [-0.3, -0.25) is 9.69 Å². The summed E-state index contributed by atoms with van der Waals surface area (Å²) in [6, 6.07) is 2.06. The molecule has 1 amide bonds. The minimum absolute atomic E-state index is 0.152. The van der Waals surface area contributed by atoms with Crippen molar-refractivity contribution >= 4 is 17.2 Å². The zero-order valence-electron chi connectivity index (χ0n) is 12.0. The fourth-order valence-electron chi connectivity index (χ4n) is 2.50. The molecule has 6 heteroatoms. The molecule has 1 aliphatic heterocycles. The van der Waals surface area contributed by atoms with E-state index in [2.05, 4.69) is 26.3 Å². The monoisotopic (exact) mass is 302 g/mol. The molecule has 5 nitrogen and oxygen atoms in total. The Bertz CT molecular complexity index is 614. The van der Waals surface area contributed by atoms with Crippen LogP contribution in [0.25, 0.3) is 0 Å². The Kier molecular flexibility index (Phi) is 4.26. The lowest BCUT2D eigenvalue weighted by Crippen LogP contribution is -2.40. The number of aromatic nitrogens is 2. The van der Waals surface area contributed by atoms with E-state index >= 15 is 0 Å². The lowest BCUT2D eigenvalue weighted by atomic mass is 10.1. The van der Waals surface area contributed by atoms with Crippen LogP contribution in [0, 0.1) is 0 Å². The third kappa shape index (κ3) is 3.46. The third-order valence-corrected chi connectivity index (χ3v) is 4.47. The van der Waals surface area contributed by atoms with E-state index in [1.165, 1.54) is 11.1 Å². The number of likely N-dealkylation sites (N-methyl/N-ethyl adjacent to an activating group) is 1. The van der Waals surface area contributed by atoms with Gasteiger partial charge in [-0.25, -0.2) is 9.97 Å². The molecule has 2 aromatic heterocycles. The fourth-order valence-corrected chi connectivity index (χ4v) is 3.16.